The highest BCUT2D eigenvalue weighted by molar-refractivity contribution is 7.15. The third-order valence-corrected chi connectivity index (χ3v) is 3.83. The Bertz CT molecular complexity index is 754. The van der Waals surface area contributed by atoms with E-state index in [9.17, 15) is 10.1 Å². The molecule has 0 aliphatic carbocycles. The first-order chi connectivity index (χ1) is 10.2. The van der Waals surface area contributed by atoms with Crippen LogP contribution in [0.5, 0.6) is 0 Å². The van der Waals surface area contributed by atoms with Crippen molar-refractivity contribution in [1.29, 1.82) is 0 Å². The first kappa shape index (κ1) is 13.3. The Kier molecular flexibility index (Phi) is 3.61. The van der Waals surface area contributed by atoms with Gasteiger partial charge in [-0.25, -0.2) is 9.67 Å². The van der Waals surface area contributed by atoms with Gasteiger partial charge in [-0.05, 0) is 24.3 Å². The van der Waals surface area contributed by atoms with Gasteiger partial charge < -0.3 is 5.32 Å². The van der Waals surface area contributed by atoms with Gasteiger partial charge in [0.05, 0.1) is 10.6 Å². The third-order valence-electron chi connectivity index (χ3n) is 2.79. The van der Waals surface area contributed by atoms with Gasteiger partial charge in [-0.1, -0.05) is 11.3 Å². The van der Waals surface area contributed by atoms with Crippen LogP contribution >= 0.6 is 11.3 Å². The summed E-state index contributed by atoms with van der Waals surface area (Å²) in [6.45, 7) is 0.498. The molecule has 1 N–H and O–H groups in total. The van der Waals surface area contributed by atoms with E-state index in [1.54, 1.807) is 23.1 Å². The predicted molar refractivity (Wildman–Crippen MR) is 79.7 cm³/mol. The van der Waals surface area contributed by atoms with E-state index in [4.69, 9.17) is 0 Å². The van der Waals surface area contributed by atoms with Gasteiger partial charge in [-0.15, -0.1) is 0 Å². The van der Waals surface area contributed by atoms with E-state index in [1.807, 2.05) is 24.4 Å². The molecule has 3 heterocycles. The number of hydrogen-bond donors (Lipinski definition) is 1. The second-order valence-electron chi connectivity index (χ2n) is 4.18. The Morgan fingerprint density at radius 2 is 2.19 bits per heavy atom. The van der Waals surface area contributed by atoms with Crippen LogP contribution in [0.1, 0.15) is 4.88 Å². The van der Waals surface area contributed by atoms with Crippen molar-refractivity contribution in [2.24, 2.45) is 0 Å². The Morgan fingerprint density at radius 1 is 1.29 bits per heavy atom. The summed E-state index contributed by atoms with van der Waals surface area (Å²) in [6, 6.07) is 8.80. The zero-order valence-electron chi connectivity index (χ0n) is 10.8. The molecule has 106 valence electrons. The average molecular weight is 301 g/mol. The molecule has 0 aliphatic heterocycles. The summed E-state index contributed by atoms with van der Waals surface area (Å²) in [4.78, 5) is 15.5. The topological polar surface area (TPSA) is 85.9 Å². The van der Waals surface area contributed by atoms with Gasteiger partial charge >= 0.3 is 5.00 Å². The normalized spacial score (nSPS) is 10.5. The number of nitro groups is 1. The van der Waals surface area contributed by atoms with Crippen LogP contribution in [0.15, 0.2) is 48.9 Å². The molecule has 0 unspecified atom stereocenters. The van der Waals surface area contributed by atoms with E-state index in [1.165, 1.54) is 6.07 Å². The lowest BCUT2D eigenvalue weighted by Gasteiger charge is -2.09. The molecule has 0 atom stereocenters. The number of nitrogens with one attached hydrogen (secondary N) is 1. The maximum atomic E-state index is 10.7. The van der Waals surface area contributed by atoms with Crippen molar-refractivity contribution in [2.75, 3.05) is 5.32 Å². The van der Waals surface area contributed by atoms with Crippen LogP contribution in [-0.4, -0.2) is 19.7 Å². The number of pyridine rings is 1. The van der Waals surface area contributed by atoms with Gasteiger partial charge in [-0.3, -0.25) is 10.1 Å². The standard InChI is InChI=1S/C13H11N5O2S/c19-18(20)12-5-4-10(21-12)9-15-11-3-1-6-14-13(11)17-8-2-7-16-17/h1-8,15H,9H2. The lowest BCUT2D eigenvalue weighted by molar-refractivity contribution is -0.380. The van der Waals surface area contributed by atoms with E-state index in [0.29, 0.717) is 12.4 Å². The minimum Gasteiger partial charge on any atom is -0.377 e. The summed E-state index contributed by atoms with van der Waals surface area (Å²) in [7, 11) is 0. The fourth-order valence-corrected chi connectivity index (χ4v) is 2.61. The molecule has 0 radical (unpaired) electrons. The monoisotopic (exact) mass is 301 g/mol. The van der Waals surface area contributed by atoms with Gasteiger partial charge in [0.25, 0.3) is 0 Å². The zero-order chi connectivity index (χ0) is 14.7. The molecular formula is C13H11N5O2S. The summed E-state index contributed by atoms with van der Waals surface area (Å²) in [5, 5.41) is 18.2. The average Bonchev–Trinajstić information content (AvgIpc) is 3.17. The molecule has 0 spiro atoms. The Hall–Kier alpha value is -2.74. The minimum atomic E-state index is -0.382. The van der Waals surface area contributed by atoms with Crippen molar-refractivity contribution in [2.45, 2.75) is 6.54 Å². The maximum Gasteiger partial charge on any atom is 0.324 e. The highest BCUT2D eigenvalue weighted by Gasteiger charge is 2.10. The number of thiophene rings is 1. The SMILES string of the molecule is O=[N+]([O-])c1ccc(CNc2cccnc2-n2cccn2)s1. The molecule has 3 rings (SSSR count). The Balaban J connectivity index is 1.77. The first-order valence-corrected chi connectivity index (χ1v) is 6.98. The van der Waals surface area contributed by atoms with Crippen LogP contribution in [0.25, 0.3) is 5.82 Å². The summed E-state index contributed by atoms with van der Waals surface area (Å²) >= 11 is 1.16. The van der Waals surface area contributed by atoms with E-state index in [0.717, 1.165) is 21.9 Å². The molecule has 0 amide bonds. The molecule has 7 nitrogen and oxygen atoms in total. The highest BCUT2D eigenvalue weighted by atomic mass is 32.1. The lowest BCUT2D eigenvalue weighted by Crippen LogP contribution is -2.05. The summed E-state index contributed by atoms with van der Waals surface area (Å²) in [5.41, 5.74) is 0.817. The fraction of sp³-hybridized carbons (Fsp3) is 0.0769. The molecule has 0 aromatic carbocycles. The fourth-order valence-electron chi connectivity index (χ4n) is 1.85. The molecule has 0 aliphatic rings. The number of rotatable bonds is 5. The smallest absolute Gasteiger partial charge is 0.324 e. The van der Waals surface area contributed by atoms with Crippen molar-refractivity contribution >= 4 is 22.0 Å². The predicted octanol–water partition coefficient (Wildman–Crippen LogP) is 2.85. The highest BCUT2D eigenvalue weighted by Crippen LogP contribution is 2.25. The maximum absolute atomic E-state index is 10.7. The van der Waals surface area contributed by atoms with E-state index < -0.39 is 0 Å². The molecule has 0 bridgehead atoms. The largest absolute Gasteiger partial charge is 0.377 e. The zero-order valence-corrected chi connectivity index (χ0v) is 11.7. The van der Waals surface area contributed by atoms with Crippen LogP contribution in [0.3, 0.4) is 0 Å². The van der Waals surface area contributed by atoms with Crippen LogP contribution in [-0.2, 0) is 6.54 Å². The molecule has 0 saturated carbocycles. The first-order valence-electron chi connectivity index (χ1n) is 6.16. The van der Waals surface area contributed by atoms with Crippen molar-refractivity contribution in [3.8, 4) is 5.82 Å². The molecule has 21 heavy (non-hydrogen) atoms. The molecular weight excluding hydrogens is 290 g/mol. The van der Waals surface area contributed by atoms with E-state index in [-0.39, 0.29) is 9.92 Å². The van der Waals surface area contributed by atoms with Crippen molar-refractivity contribution < 1.29 is 4.92 Å². The van der Waals surface area contributed by atoms with Crippen LogP contribution in [0.2, 0.25) is 0 Å². The lowest BCUT2D eigenvalue weighted by atomic mass is 10.3. The van der Waals surface area contributed by atoms with Crippen LogP contribution < -0.4 is 5.32 Å². The van der Waals surface area contributed by atoms with Gasteiger partial charge in [0.1, 0.15) is 0 Å². The minimum absolute atomic E-state index is 0.144. The second kappa shape index (κ2) is 5.71. The van der Waals surface area contributed by atoms with Crippen molar-refractivity contribution in [3.05, 3.63) is 63.9 Å². The van der Waals surface area contributed by atoms with Gasteiger partial charge in [0.15, 0.2) is 5.82 Å². The van der Waals surface area contributed by atoms with Crippen molar-refractivity contribution in [3.63, 3.8) is 0 Å². The molecule has 0 fully saturated rings. The summed E-state index contributed by atoms with van der Waals surface area (Å²) in [6.07, 6.45) is 5.18. The molecule has 3 aromatic heterocycles. The third kappa shape index (κ3) is 2.90. The summed E-state index contributed by atoms with van der Waals surface area (Å²) in [5.74, 6) is 0.688. The van der Waals surface area contributed by atoms with Gasteiger partial charge in [-0.2, -0.15) is 5.10 Å². The van der Waals surface area contributed by atoms with E-state index >= 15 is 0 Å². The van der Waals surface area contributed by atoms with Crippen molar-refractivity contribution in [1.82, 2.24) is 14.8 Å². The number of aromatic nitrogens is 3. The van der Waals surface area contributed by atoms with E-state index in [2.05, 4.69) is 15.4 Å². The molecule has 3 aromatic rings. The van der Waals surface area contributed by atoms with Gasteiger partial charge in [0, 0.05) is 36.1 Å². The van der Waals surface area contributed by atoms with Crippen LogP contribution in [0, 0.1) is 10.1 Å². The number of anilines is 1. The van der Waals surface area contributed by atoms with Gasteiger partial charge in [0.2, 0.25) is 0 Å². The second-order valence-corrected chi connectivity index (χ2v) is 5.32. The summed E-state index contributed by atoms with van der Waals surface area (Å²) < 4.78 is 1.67. The quantitative estimate of drug-likeness (QED) is 0.578. The number of hydrogen-bond acceptors (Lipinski definition) is 6. The Labute approximate surface area is 124 Å². The number of nitrogens with zero attached hydrogens (tertiary/aromatic N) is 4. The van der Waals surface area contributed by atoms with Crippen LogP contribution in [0.4, 0.5) is 10.7 Å². The molecule has 8 heteroatoms. The Morgan fingerprint density at radius 3 is 2.90 bits per heavy atom. The molecule has 0 saturated heterocycles.